The number of hydrogen-bond donors (Lipinski definition) is 1. The van der Waals surface area contributed by atoms with Crippen LogP contribution in [0.3, 0.4) is 0 Å². The zero-order valence-electron chi connectivity index (χ0n) is 11.7. The molecule has 1 fully saturated rings. The summed E-state index contributed by atoms with van der Waals surface area (Å²) in [6, 6.07) is 18.5. The van der Waals surface area contributed by atoms with E-state index < -0.39 is 7.60 Å². The van der Waals surface area contributed by atoms with Crippen LogP contribution in [0.15, 0.2) is 60.7 Å². The largest absolute Gasteiger partial charge is 0.487 e. The summed E-state index contributed by atoms with van der Waals surface area (Å²) in [5, 5.41) is 2.06. The van der Waals surface area contributed by atoms with E-state index in [1.807, 2.05) is 36.4 Å². The normalized spacial score (nSPS) is 18.4. The highest BCUT2D eigenvalue weighted by molar-refractivity contribution is 7.55. The number of rotatable bonds is 5. The van der Waals surface area contributed by atoms with Crippen molar-refractivity contribution >= 4 is 7.60 Å². The van der Waals surface area contributed by atoms with Gasteiger partial charge in [-0.3, -0.25) is 0 Å². The molecule has 0 saturated carbocycles. The summed E-state index contributed by atoms with van der Waals surface area (Å²) in [6.07, 6.45) is 1.88. The lowest BCUT2D eigenvalue weighted by molar-refractivity contribution is -0.652. The van der Waals surface area contributed by atoms with Gasteiger partial charge < -0.3 is 14.4 Å². The van der Waals surface area contributed by atoms with Crippen molar-refractivity contribution in [3.63, 3.8) is 0 Å². The number of quaternary nitrogens is 1. The highest BCUT2D eigenvalue weighted by atomic mass is 31.2. The second-order valence-corrected chi connectivity index (χ2v) is 7.19. The molecule has 0 radical (unpaired) electrons. The van der Waals surface area contributed by atoms with Crippen molar-refractivity contribution in [2.24, 2.45) is 0 Å². The van der Waals surface area contributed by atoms with Crippen molar-refractivity contribution in [3.05, 3.63) is 60.7 Å². The van der Waals surface area contributed by atoms with Crippen LogP contribution in [-0.4, -0.2) is 12.3 Å². The van der Waals surface area contributed by atoms with Gasteiger partial charge in [0.15, 0.2) is 0 Å². The van der Waals surface area contributed by atoms with E-state index in [0.717, 1.165) is 19.4 Å². The second kappa shape index (κ2) is 6.33. The quantitative estimate of drug-likeness (QED) is 0.864. The van der Waals surface area contributed by atoms with Crippen LogP contribution < -0.4 is 14.4 Å². The van der Waals surface area contributed by atoms with Gasteiger partial charge in [0.05, 0.1) is 6.54 Å². The molecular weight excluding hydrogens is 285 g/mol. The molecule has 1 unspecified atom stereocenters. The molecule has 2 N–H and O–H groups in total. The lowest BCUT2D eigenvalue weighted by Gasteiger charge is -2.22. The van der Waals surface area contributed by atoms with Crippen LogP contribution in [-0.2, 0) is 4.57 Å². The fourth-order valence-electron chi connectivity index (χ4n) is 2.45. The SMILES string of the molecule is O=P(Oc1ccccc1)(Oc1ccccc1)C1CCC[NH2+]1. The minimum Gasteiger partial charge on any atom is -0.412 e. The van der Waals surface area contributed by atoms with E-state index in [0.29, 0.717) is 11.5 Å². The molecule has 1 aliphatic rings. The van der Waals surface area contributed by atoms with Crippen LogP contribution in [0.4, 0.5) is 0 Å². The average Bonchev–Trinajstić information content (AvgIpc) is 3.04. The fourth-order valence-corrected chi connectivity index (χ4v) is 4.50. The molecule has 1 aliphatic heterocycles. The molecule has 0 amide bonds. The summed E-state index contributed by atoms with van der Waals surface area (Å²) in [5.74, 6) is 1.02. The Morgan fingerprint density at radius 3 is 1.86 bits per heavy atom. The summed E-state index contributed by atoms with van der Waals surface area (Å²) < 4.78 is 24.9. The van der Waals surface area contributed by atoms with Crippen LogP contribution >= 0.6 is 7.60 Å². The molecule has 21 heavy (non-hydrogen) atoms. The summed E-state index contributed by atoms with van der Waals surface area (Å²) in [7, 11) is -3.27. The van der Waals surface area contributed by atoms with Gasteiger partial charge in [-0.1, -0.05) is 36.4 Å². The molecule has 0 bridgehead atoms. The first-order chi connectivity index (χ1) is 10.3. The van der Waals surface area contributed by atoms with Crippen molar-refractivity contribution in [2.75, 3.05) is 6.54 Å². The Morgan fingerprint density at radius 2 is 1.43 bits per heavy atom. The molecule has 0 aromatic heterocycles. The predicted molar refractivity (Wildman–Crippen MR) is 81.6 cm³/mol. The molecule has 5 heteroatoms. The summed E-state index contributed by atoms with van der Waals surface area (Å²) in [4.78, 5) is 0. The van der Waals surface area contributed by atoms with E-state index in [9.17, 15) is 4.57 Å². The smallest absolute Gasteiger partial charge is 0.412 e. The highest BCUT2D eigenvalue weighted by Gasteiger charge is 2.44. The van der Waals surface area contributed by atoms with Gasteiger partial charge in [0.1, 0.15) is 11.5 Å². The van der Waals surface area contributed by atoms with E-state index >= 15 is 0 Å². The third-order valence-electron chi connectivity index (χ3n) is 3.50. The van der Waals surface area contributed by atoms with Crippen LogP contribution in [0.1, 0.15) is 12.8 Å². The van der Waals surface area contributed by atoms with Gasteiger partial charge in [0, 0.05) is 12.8 Å². The molecule has 1 heterocycles. The topological polar surface area (TPSA) is 52.1 Å². The molecule has 1 atom stereocenters. The Hall–Kier alpha value is -1.77. The van der Waals surface area contributed by atoms with E-state index in [1.165, 1.54) is 0 Å². The van der Waals surface area contributed by atoms with E-state index in [1.54, 1.807) is 24.3 Å². The molecule has 1 saturated heterocycles. The van der Waals surface area contributed by atoms with Crippen molar-refractivity contribution in [1.29, 1.82) is 0 Å². The van der Waals surface area contributed by atoms with Gasteiger partial charge in [0.25, 0.3) is 0 Å². The van der Waals surface area contributed by atoms with Crippen molar-refractivity contribution in [1.82, 2.24) is 0 Å². The standard InChI is InChI=1S/C16H18NO3P/c18-21(16-12-7-13-17-16,19-14-8-3-1-4-9-14)20-15-10-5-2-6-11-15/h1-6,8-11,16-17H,7,12-13H2/p+1. The van der Waals surface area contributed by atoms with Gasteiger partial charge in [-0.15, -0.1) is 0 Å². The molecular formula is C16H19NO3P+. The number of nitrogens with two attached hydrogens (primary N) is 1. The van der Waals surface area contributed by atoms with Crippen LogP contribution in [0.25, 0.3) is 0 Å². The summed E-state index contributed by atoms with van der Waals surface area (Å²) in [6.45, 7) is 0.963. The van der Waals surface area contributed by atoms with E-state index in [-0.39, 0.29) is 5.78 Å². The number of hydrogen-bond acceptors (Lipinski definition) is 3. The molecule has 110 valence electrons. The Labute approximate surface area is 124 Å². The predicted octanol–water partition coefficient (Wildman–Crippen LogP) is 3.02. The number of para-hydroxylation sites is 2. The first-order valence-corrected chi connectivity index (χ1v) is 8.80. The van der Waals surface area contributed by atoms with E-state index in [4.69, 9.17) is 9.05 Å². The Kier molecular flexibility index (Phi) is 4.28. The zero-order chi connectivity index (χ0) is 14.5. The molecule has 0 spiro atoms. The Balaban J connectivity index is 1.85. The second-order valence-electron chi connectivity index (χ2n) is 5.08. The van der Waals surface area contributed by atoms with Gasteiger partial charge in [-0.05, 0) is 24.3 Å². The lowest BCUT2D eigenvalue weighted by Crippen LogP contribution is -2.86. The lowest BCUT2D eigenvalue weighted by atomic mass is 10.3. The third kappa shape index (κ3) is 3.46. The summed E-state index contributed by atoms with van der Waals surface area (Å²) >= 11 is 0. The third-order valence-corrected chi connectivity index (χ3v) is 5.71. The van der Waals surface area contributed by atoms with Crippen LogP contribution in [0.2, 0.25) is 0 Å². The molecule has 2 aromatic carbocycles. The van der Waals surface area contributed by atoms with Crippen LogP contribution in [0, 0.1) is 0 Å². The Bertz CT molecular complexity index is 566. The Morgan fingerprint density at radius 1 is 0.905 bits per heavy atom. The average molecular weight is 304 g/mol. The molecule has 0 aliphatic carbocycles. The van der Waals surface area contributed by atoms with Gasteiger partial charge in [0.2, 0.25) is 5.78 Å². The maximum Gasteiger partial charge on any atom is 0.487 e. The van der Waals surface area contributed by atoms with Gasteiger partial charge in [-0.25, -0.2) is 4.57 Å². The first-order valence-electron chi connectivity index (χ1n) is 7.19. The van der Waals surface area contributed by atoms with Crippen LogP contribution in [0.5, 0.6) is 11.5 Å². The first kappa shape index (κ1) is 14.2. The number of benzene rings is 2. The maximum absolute atomic E-state index is 13.3. The van der Waals surface area contributed by atoms with Gasteiger partial charge >= 0.3 is 7.60 Å². The molecule has 4 nitrogen and oxygen atoms in total. The molecule has 2 aromatic rings. The van der Waals surface area contributed by atoms with Crippen molar-refractivity contribution in [2.45, 2.75) is 18.6 Å². The van der Waals surface area contributed by atoms with Crippen molar-refractivity contribution in [3.8, 4) is 11.5 Å². The zero-order valence-corrected chi connectivity index (χ0v) is 12.6. The summed E-state index contributed by atoms with van der Waals surface area (Å²) in [5.41, 5.74) is 0. The monoisotopic (exact) mass is 304 g/mol. The minimum absolute atomic E-state index is 0.141. The fraction of sp³-hybridized carbons (Fsp3) is 0.250. The van der Waals surface area contributed by atoms with E-state index in [2.05, 4.69) is 5.32 Å². The van der Waals surface area contributed by atoms with Crippen molar-refractivity contribution < 1.29 is 18.9 Å². The maximum atomic E-state index is 13.3. The molecule has 3 rings (SSSR count). The minimum atomic E-state index is -3.27. The van der Waals surface area contributed by atoms with Gasteiger partial charge in [-0.2, -0.15) is 0 Å². The highest BCUT2D eigenvalue weighted by Crippen LogP contribution is 2.52.